The van der Waals surface area contributed by atoms with E-state index in [9.17, 15) is 9.90 Å². The average molecular weight is 196 g/mol. The van der Waals surface area contributed by atoms with E-state index in [1.165, 1.54) is 0 Å². The average Bonchev–Trinajstić information content (AvgIpc) is 2.09. The number of hydrogen-bond acceptors (Lipinski definition) is 2. The molecule has 0 aromatic heterocycles. The summed E-state index contributed by atoms with van der Waals surface area (Å²) in [6.45, 7) is 8.93. The first kappa shape index (κ1) is 11.4. The smallest absolute Gasteiger partial charge is 0.138 e. The fraction of sp³-hybridized carbons (Fsp3) is 0.750. The molecule has 0 saturated heterocycles. The minimum Gasteiger partial charge on any atom is -0.389 e. The van der Waals surface area contributed by atoms with Crippen LogP contribution in [0.5, 0.6) is 0 Å². The summed E-state index contributed by atoms with van der Waals surface area (Å²) in [6, 6.07) is 0. The van der Waals surface area contributed by atoms with E-state index in [1.807, 2.05) is 6.92 Å². The lowest BCUT2D eigenvalue weighted by Gasteiger charge is -2.49. The van der Waals surface area contributed by atoms with Gasteiger partial charge in [-0.15, -0.1) is 6.58 Å². The standard InChI is InChI=1S/C12H20O2/c1-5-10-7-6-8-11(3,9(2)13)12(10,4)14/h5,10,14H,1,6-8H2,2-4H3/t10-,11+,12+/m0/s1. The number of rotatable bonds is 2. The molecule has 1 fully saturated rings. The molecule has 0 aromatic carbocycles. The number of hydrogen-bond donors (Lipinski definition) is 1. The Labute approximate surface area is 86.0 Å². The predicted octanol–water partition coefficient (Wildman–Crippen LogP) is 2.32. The molecule has 0 heterocycles. The van der Waals surface area contributed by atoms with Crippen molar-refractivity contribution in [1.82, 2.24) is 0 Å². The zero-order chi connectivity index (χ0) is 11.0. The molecule has 0 unspecified atom stereocenters. The van der Waals surface area contributed by atoms with Crippen LogP contribution >= 0.6 is 0 Å². The first-order valence-corrected chi connectivity index (χ1v) is 5.22. The van der Waals surface area contributed by atoms with Gasteiger partial charge in [0, 0.05) is 5.92 Å². The van der Waals surface area contributed by atoms with Crippen LogP contribution in [0.3, 0.4) is 0 Å². The third-order valence-corrected chi connectivity index (χ3v) is 4.09. The Bertz CT molecular complexity index is 255. The summed E-state index contributed by atoms with van der Waals surface area (Å²) in [6.07, 6.45) is 4.47. The molecule has 80 valence electrons. The summed E-state index contributed by atoms with van der Waals surface area (Å²) < 4.78 is 0. The Morgan fingerprint density at radius 1 is 1.57 bits per heavy atom. The second kappa shape index (κ2) is 3.50. The molecule has 0 aliphatic heterocycles. The van der Waals surface area contributed by atoms with Gasteiger partial charge < -0.3 is 5.11 Å². The van der Waals surface area contributed by atoms with Gasteiger partial charge in [0.1, 0.15) is 5.78 Å². The second-order valence-corrected chi connectivity index (χ2v) is 4.77. The lowest BCUT2D eigenvalue weighted by atomic mass is 9.58. The maximum absolute atomic E-state index is 11.6. The second-order valence-electron chi connectivity index (χ2n) is 4.77. The van der Waals surface area contributed by atoms with Crippen LogP contribution in [0, 0.1) is 11.3 Å². The van der Waals surface area contributed by atoms with Crippen LogP contribution < -0.4 is 0 Å². The molecule has 1 N–H and O–H groups in total. The normalized spacial score (nSPS) is 43.3. The highest BCUT2D eigenvalue weighted by Gasteiger charge is 2.52. The van der Waals surface area contributed by atoms with E-state index in [-0.39, 0.29) is 11.7 Å². The van der Waals surface area contributed by atoms with E-state index in [0.717, 1.165) is 19.3 Å². The minimum atomic E-state index is -0.946. The fourth-order valence-electron chi connectivity index (χ4n) is 2.50. The van der Waals surface area contributed by atoms with Gasteiger partial charge >= 0.3 is 0 Å². The molecular formula is C12H20O2. The summed E-state index contributed by atoms with van der Waals surface area (Å²) in [5.41, 5.74) is -1.55. The van der Waals surface area contributed by atoms with E-state index < -0.39 is 11.0 Å². The SMILES string of the molecule is C=C[C@H]1CCC[C@](C)(C(C)=O)[C@]1(C)O. The van der Waals surface area contributed by atoms with Crippen molar-refractivity contribution < 1.29 is 9.90 Å². The summed E-state index contributed by atoms with van der Waals surface area (Å²) in [5, 5.41) is 10.4. The topological polar surface area (TPSA) is 37.3 Å². The van der Waals surface area contributed by atoms with Crippen molar-refractivity contribution >= 4 is 5.78 Å². The first-order valence-electron chi connectivity index (χ1n) is 5.22. The summed E-state index contributed by atoms with van der Waals surface area (Å²) in [7, 11) is 0. The van der Waals surface area contributed by atoms with E-state index in [1.54, 1.807) is 19.9 Å². The van der Waals surface area contributed by atoms with Crippen LogP contribution in [0.25, 0.3) is 0 Å². The third-order valence-electron chi connectivity index (χ3n) is 4.09. The molecule has 1 rings (SSSR count). The van der Waals surface area contributed by atoms with Gasteiger partial charge in [0.25, 0.3) is 0 Å². The van der Waals surface area contributed by atoms with Crippen LogP contribution in [0.15, 0.2) is 12.7 Å². The van der Waals surface area contributed by atoms with Gasteiger partial charge in [-0.1, -0.05) is 12.5 Å². The van der Waals surface area contributed by atoms with Gasteiger partial charge in [-0.25, -0.2) is 0 Å². The Morgan fingerprint density at radius 3 is 2.57 bits per heavy atom. The summed E-state index contributed by atoms with van der Waals surface area (Å²) in [4.78, 5) is 11.6. The van der Waals surface area contributed by atoms with E-state index in [0.29, 0.717) is 0 Å². The van der Waals surface area contributed by atoms with Crippen LogP contribution in [-0.4, -0.2) is 16.5 Å². The van der Waals surface area contributed by atoms with Crippen molar-refractivity contribution in [2.75, 3.05) is 0 Å². The third kappa shape index (κ3) is 1.42. The summed E-state index contributed by atoms with van der Waals surface area (Å²) >= 11 is 0. The maximum atomic E-state index is 11.6. The molecule has 2 nitrogen and oxygen atoms in total. The molecule has 0 aromatic rings. The molecule has 1 aliphatic carbocycles. The zero-order valence-electron chi connectivity index (χ0n) is 9.34. The van der Waals surface area contributed by atoms with Gasteiger partial charge in [0.2, 0.25) is 0 Å². The zero-order valence-corrected chi connectivity index (χ0v) is 9.34. The van der Waals surface area contributed by atoms with Crippen LogP contribution in [-0.2, 0) is 4.79 Å². The van der Waals surface area contributed by atoms with Crippen molar-refractivity contribution in [2.45, 2.75) is 45.6 Å². The van der Waals surface area contributed by atoms with Crippen molar-refractivity contribution in [3.63, 3.8) is 0 Å². The van der Waals surface area contributed by atoms with E-state index >= 15 is 0 Å². The van der Waals surface area contributed by atoms with Crippen LogP contribution in [0.1, 0.15) is 40.0 Å². The largest absolute Gasteiger partial charge is 0.389 e. The van der Waals surface area contributed by atoms with Crippen molar-refractivity contribution in [1.29, 1.82) is 0 Å². The Kier molecular flexibility index (Phi) is 2.86. The fourth-order valence-corrected chi connectivity index (χ4v) is 2.50. The summed E-state index contributed by atoms with van der Waals surface area (Å²) in [5.74, 6) is 0.110. The van der Waals surface area contributed by atoms with Gasteiger partial charge in [-0.3, -0.25) is 4.79 Å². The van der Waals surface area contributed by atoms with Crippen LogP contribution in [0.4, 0.5) is 0 Å². The molecular weight excluding hydrogens is 176 g/mol. The van der Waals surface area contributed by atoms with E-state index in [4.69, 9.17) is 0 Å². The molecule has 0 radical (unpaired) electrons. The lowest BCUT2D eigenvalue weighted by Crippen LogP contribution is -2.55. The van der Waals surface area contributed by atoms with E-state index in [2.05, 4.69) is 6.58 Å². The maximum Gasteiger partial charge on any atom is 0.138 e. The molecule has 0 bridgehead atoms. The number of carbonyl (C=O) groups is 1. The molecule has 3 atom stereocenters. The Hall–Kier alpha value is -0.630. The monoisotopic (exact) mass is 196 g/mol. The molecule has 1 saturated carbocycles. The molecule has 14 heavy (non-hydrogen) atoms. The highest BCUT2D eigenvalue weighted by molar-refractivity contribution is 5.83. The highest BCUT2D eigenvalue weighted by Crippen LogP contribution is 2.48. The predicted molar refractivity (Wildman–Crippen MR) is 56.9 cm³/mol. The van der Waals surface area contributed by atoms with Gasteiger partial charge in [0.05, 0.1) is 11.0 Å². The molecule has 0 amide bonds. The van der Waals surface area contributed by atoms with Crippen molar-refractivity contribution in [2.24, 2.45) is 11.3 Å². The Morgan fingerprint density at radius 2 is 2.14 bits per heavy atom. The molecule has 2 heteroatoms. The minimum absolute atomic E-state index is 0.0325. The number of ketones is 1. The van der Waals surface area contributed by atoms with Gasteiger partial charge in [-0.05, 0) is 33.6 Å². The highest BCUT2D eigenvalue weighted by atomic mass is 16.3. The number of carbonyl (C=O) groups excluding carboxylic acids is 1. The van der Waals surface area contributed by atoms with Crippen molar-refractivity contribution in [3.05, 3.63) is 12.7 Å². The van der Waals surface area contributed by atoms with Gasteiger partial charge in [-0.2, -0.15) is 0 Å². The quantitative estimate of drug-likeness (QED) is 0.688. The number of aliphatic hydroxyl groups is 1. The van der Waals surface area contributed by atoms with Crippen LogP contribution in [0.2, 0.25) is 0 Å². The molecule has 1 aliphatic rings. The first-order chi connectivity index (χ1) is 6.36. The lowest BCUT2D eigenvalue weighted by molar-refractivity contribution is -0.156. The van der Waals surface area contributed by atoms with Gasteiger partial charge in [0.15, 0.2) is 0 Å². The van der Waals surface area contributed by atoms with Crippen molar-refractivity contribution in [3.8, 4) is 0 Å². The number of Topliss-reactive ketones (excluding diaryl/α,β-unsaturated/α-hetero) is 1. The molecule has 0 spiro atoms. The Balaban J connectivity index is 3.07.